The summed E-state index contributed by atoms with van der Waals surface area (Å²) in [6, 6.07) is 5.21. The number of carbonyl (C=O) groups excluding carboxylic acids is 3. The van der Waals surface area contributed by atoms with E-state index in [0.717, 1.165) is 36.1 Å². The van der Waals surface area contributed by atoms with Crippen molar-refractivity contribution in [1.29, 1.82) is 0 Å². The van der Waals surface area contributed by atoms with Crippen LogP contribution in [-0.2, 0) is 9.53 Å². The third-order valence-electron chi connectivity index (χ3n) is 6.55. The molecule has 0 radical (unpaired) electrons. The summed E-state index contributed by atoms with van der Waals surface area (Å²) in [4.78, 5) is 53.8. The van der Waals surface area contributed by atoms with Crippen molar-refractivity contribution in [3.8, 4) is 10.4 Å². The number of methoxy groups -OCH3 is 1. The van der Waals surface area contributed by atoms with E-state index in [0.29, 0.717) is 22.3 Å². The van der Waals surface area contributed by atoms with Gasteiger partial charge in [0.2, 0.25) is 5.91 Å². The van der Waals surface area contributed by atoms with Gasteiger partial charge in [-0.1, -0.05) is 6.92 Å². The van der Waals surface area contributed by atoms with Crippen molar-refractivity contribution in [2.24, 2.45) is 11.8 Å². The van der Waals surface area contributed by atoms with Crippen molar-refractivity contribution in [2.45, 2.75) is 52.5 Å². The van der Waals surface area contributed by atoms with Crippen LogP contribution in [0.4, 0.5) is 11.5 Å². The van der Waals surface area contributed by atoms with Gasteiger partial charge in [0.15, 0.2) is 0 Å². The fourth-order valence-electron chi connectivity index (χ4n) is 4.51. The zero-order valence-corrected chi connectivity index (χ0v) is 22.2. The van der Waals surface area contributed by atoms with Crippen LogP contribution in [0.1, 0.15) is 66.6 Å². The number of thiophene rings is 1. The molecule has 0 aliphatic heterocycles. The average Bonchev–Trinajstić information content (AvgIpc) is 3.34. The smallest absolute Gasteiger partial charge is 0.350 e. The summed E-state index contributed by atoms with van der Waals surface area (Å²) in [5.41, 5.74) is 1.50. The highest BCUT2D eigenvalue weighted by Crippen LogP contribution is 2.40. The van der Waals surface area contributed by atoms with Crippen LogP contribution < -0.4 is 10.2 Å². The highest BCUT2D eigenvalue weighted by atomic mass is 32.1. The molecule has 3 heterocycles. The minimum Gasteiger partial charge on any atom is -0.465 e. The lowest BCUT2D eigenvalue weighted by Crippen LogP contribution is -2.42. The van der Waals surface area contributed by atoms with Crippen LogP contribution in [0.3, 0.4) is 0 Å². The molecule has 3 aromatic heterocycles. The van der Waals surface area contributed by atoms with Crippen molar-refractivity contribution >= 4 is 40.6 Å². The third-order valence-corrected chi connectivity index (χ3v) is 7.70. The minimum atomic E-state index is -0.484. The van der Waals surface area contributed by atoms with Crippen molar-refractivity contribution in [3.63, 3.8) is 0 Å². The van der Waals surface area contributed by atoms with Crippen molar-refractivity contribution in [1.82, 2.24) is 15.0 Å². The van der Waals surface area contributed by atoms with Crippen LogP contribution in [0.15, 0.2) is 43.0 Å². The standard InChI is InChI=1S/C27H31N5O4S/c1-16(2)32(26(34)18-7-5-17(3)6-8-18)21-13-22(37-24(21)27(35)36-4)19-9-10-23(30-14-19)31-25(33)20-15-28-11-12-29-20/h9-18H,5-8H2,1-4H3,(H,30,31,33). The molecule has 1 N–H and O–H groups in total. The Morgan fingerprint density at radius 1 is 1.08 bits per heavy atom. The number of esters is 1. The summed E-state index contributed by atoms with van der Waals surface area (Å²) in [7, 11) is 1.34. The van der Waals surface area contributed by atoms with Crippen molar-refractivity contribution in [3.05, 3.63) is 53.6 Å². The van der Waals surface area contributed by atoms with Gasteiger partial charge >= 0.3 is 5.97 Å². The Morgan fingerprint density at radius 3 is 2.43 bits per heavy atom. The minimum absolute atomic E-state index is 0.0497. The predicted molar refractivity (Wildman–Crippen MR) is 143 cm³/mol. The molecule has 37 heavy (non-hydrogen) atoms. The number of ether oxygens (including phenoxy) is 1. The van der Waals surface area contributed by atoms with Gasteiger partial charge in [-0.2, -0.15) is 0 Å². The van der Waals surface area contributed by atoms with E-state index in [1.54, 1.807) is 23.2 Å². The molecule has 9 nitrogen and oxygen atoms in total. The molecule has 0 aromatic carbocycles. The molecule has 2 amide bonds. The van der Waals surface area contributed by atoms with Crippen LogP contribution in [0.2, 0.25) is 0 Å². The van der Waals surface area contributed by atoms with Gasteiger partial charge in [0.25, 0.3) is 5.91 Å². The lowest BCUT2D eigenvalue weighted by molar-refractivity contribution is -0.123. The molecule has 1 aliphatic rings. The molecule has 1 saturated carbocycles. The number of nitrogens with zero attached hydrogens (tertiary/aromatic N) is 4. The van der Waals surface area contributed by atoms with Crippen molar-refractivity contribution in [2.75, 3.05) is 17.3 Å². The number of pyridine rings is 1. The molecule has 3 aromatic rings. The second-order valence-corrected chi connectivity index (χ2v) is 10.6. The third kappa shape index (κ3) is 6.02. The Morgan fingerprint density at radius 2 is 1.84 bits per heavy atom. The van der Waals surface area contributed by atoms with Crippen LogP contribution >= 0.6 is 11.3 Å². The Hall–Kier alpha value is -3.66. The number of aromatic nitrogens is 3. The SMILES string of the molecule is COC(=O)c1sc(-c2ccc(NC(=O)c3cnccn3)nc2)cc1N(C(=O)C1CCC(C)CC1)C(C)C. The zero-order valence-electron chi connectivity index (χ0n) is 21.4. The Bertz CT molecular complexity index is 1250. The summed E-state index contributed by atoms with van der Waals surface area (Å²) in [5.74, 6) is 0.0966. The largest absolute Gasteiger partial charge is 0.465 e. The summed E-state index contributed by atoms with van der Waals surface area (Å²) >= 11 is 1.26. The molecule has 0 bridgehead atoms. The van der Waals surface area contributed by atoms with Gasteiger partial charge in [-0.15, -0.1) is 11.3 Å². The lowest BCUT2D eigenvalue weighted by atomic mass is 9.82. The maximum Gasteiger partial charge on any atom is 0.350 e. The van der Waals surface area contributed by atoms with E-state index in [-0.39, 0.29) is 23.6 Å². The summed E-state index contributed by atoms with van der Waals surface area (Å²) in [6.07, 6.45) is 9.72. The number of carbonyl (C=O) groups is 3. The topological polar surface area (TPSA) is 114 Å². The number of amides is 2. The summed E-state index contributed by atoms with van der Waals surface area (Å²) in [5, 5.41) is 2.69. The maximum absolute atomic E-state index is 13.6. The van der Waals surface area contributed by atoms with E-state index < -0.39 is 11.9 Å². The molecule has 0 saturated heterocycles. The van der Waals surface area contributed by atoms with Gasteiger partial charge in [-0.05, 0) is 63.6 Å². The number of rotatable bonds is 7. The molecule has 10 heteroatoms. The molecule has 1 fully saturated rings. The first-order chi connectivity index (χ1) is 17.8. The maximum atomic E-state index is 13.6. The molecule has 0 atom stereocenters. The van der Waals surface area contributed by atoms with Gasteiger partial charge in [-0.25, -0.2) is 14.8 Å². The van der Waals surface area contributed by atoms with E-state index in [1.165, 1.54) is 37.0 Å². The molecule has 1 aliphatic carbocycles. The van der Waals surface area contributed by atoms with Gasteiger partial charge < -0.3 is 15.0 Å². The lowest BCUT2D eigenvalue weighted by Gasteiger charge is -2.33. The van der Waals surface area contributed by atoms with Gasteiger partial charge in [0, 0.05) is 41.0 Å². The van der Waals surface area contributed by atoms with E-state index in [4.69, 9.17) is 4.74 Å². The van der Waals surface area contributed by atoms with E-state index in [2.05, 4.69) is 27.2 Å². The fourth-order valence-corrected chi connectivity index (χ4v) is 5.56. The van der Waals surface area contributed by atoms with Crippen LogP contribution in [0, 0.1) is 11.8 Å². The van der Waals surface area contributed by atoms with Crippen LogP contribution in [0.5, 0.6) is 0 Å². The van der Waals surface area contributed by atoms with Crippen molar-refractivity contribution < 1.29 is 19.1 Å². The molecular formula is C27H31N5O4S. The first-order valence-electron chi connectivity index (χ1n) is 12.4. The quantitative estimate of drug-likeness (QED) is 0.425. The number of hydrogen-bond donors (Lipinski definition) is 1. The first kappa shape index (κ1) is 26.4. The van der Waals surface area contributed by atoms with Crippen LogP contribution in [-0.4, -0.2) is 45.9 Å². The van der Waals surface area contributed by atoms with Gasteiger partial charge in [-0.3, -0.25) is 14.6 Å². The second-order valence-electron chi connectivity index (χ2n) is 9.55. The zero-order chi connectivity index (χ0) is 26.5. The Balaban J connectivity index is 1.61. The normalized spacial score (nSPS) is 17.3. The molecule has 0 unspecified atom stereocenters. The summed E-state index contributed by atoms with van der Waals surface area (Å²) in [6.45, 7) is 6.14. The van der Waals surface area contributed by atoms with E-state index >= 15 is 0 Å². The van der Waals surface area contributed by atoms with Crippen LogP contribution in [0.25, 0.3) is 10.4 Å². The van der Waals surface area contributed by atoms with E-state index in [9.17, 15) is 14.4 Å². The highest BCUT2D eigenvalue weighted by Gasteiger charge is 2.33. The number of hydrogen-bond acceptors (Lipinski definition) is 8. The van der Waals surface area contributed by atoms with E-state index in [1.807, 2.05) is 19.9 Å². The molecule has 194 valence electrons. The molecular weight excluding hydrogens is 490 g/mol. The molecule has 0 spiro atoms. The summed E-state index contributed by atoms with van der Waals surface area (Å²) < 4.78 is 5.06. The van der Waals surface area contributed by atoms with Gasteiger partial charge in [0.1, 0.15) is 16.4 Å². The fraction of sp³-hybridized carbons (Fsp3) is 0.407. The Labute approximate surface area is 220 Å². The average molecular weight is 522 g/mol. The number of nitrogens with one attached hydrogen (secondary N) is 1. The number of anilines is 2. The monoisotopic (exact) mass is 521 g/mol. The first-order valence-corrected chi connectivity index (χ1v) is 13.2. The highest BCUT2D eigenvalue weighted by molar-refractivity contribution is 7.18. The molecule has 4 rings (SSSR count). The Kier molecular flexibility index (Phi) is 8.27. The van der Waals surface area contributed by atoms with Gasteiger partial charge in [0.05, 0.1) is 19.0 Å². The predicted octanol–water partition coefficient (Wildman–Crippen LogP) is 5.21. The second kappa shape index (κ2) is 11.6.